The van der Waals surface area contributed by atoms with E-state index >= 15 is 0 Å². The average Bonchev–Trinajstić information content (AvgIpc) is 2.35. The van der Waals surface area contributed by atoms with Crippen molar-refractivity contribution in [3.63, 3.8) is 0 Å². The summed E-state index contributed by atoms with van der Waals surface area (Å²) in [6.45, 7) is 3.06. The second-order valence-corrected chi connectivity index (χ2v) is 3.29. The van der Waals surface area contributed by atoms with Crippen molar-refractivity contribution in [2.24, 2.45) is 0 Å². The predicted molar refractivity (Wildman–Crippen MR) is 61.9 cm³/mol. The molecule has 0 aliphatic carbocycles. The maximum Gasteiger partial charge on any atom is 0.334 e. The van der Waals surface area contributed by atoms with Crippen molar-refractivity contribution in [2.45, 2.75) is 0 Å². The number of nitro groups is 1. The normalized spacial score (nSPS) is 9.61. The molecule has 0 aromatic heterocycles. The molecule has 0 saturated heterocycles. The molecule has 0 unspecified atom stereocenters. The fraction of sp³-hybridized carbons (Fsp3) is 0.182. The first kappa shape index (κ1) is 13.5. The number of nitro benzene ring substituents is 1. The smallest absolute Gasteiger partial charge is 0.334 e. The summed E-state index contributed by atoms with van der Waals surface area (Å²) in [5, 5.41) is 19.2. The van der Waals surface area contributed by atoms with Crippen LogP contribution in [0.3, 0.4) is 0 Å². The van der Waals surface area contributed by atoms with E-state index in [-0.39, 0.29) is 29.4 Å². The van der Waals surface area contributed by atoms with Gasteiger partial charge in [0.15, 0.2) is 11.5 Å². The Morgan fingerprint density at radius 3 is 2.67 bits per heavy atom. The molecule has 0 bridgehead atoms. The van der Waals surface area contributed by atoms with Gasteiger partial charge < -0.3 is 14.6 Å². The molecule has 0 aliphatic rings. The average molecular weight is 253 g/mol. The fourth-order valence-corrected chi connectivity index (χ4v) is 1.12. The van der Waals surface area contributed by atoms with Crippen LogP contribution < -0.4 is 9.47 Å². The molecular formula is C11H11NO6. The van der Waals surface area contributed by atoms with Crippen molar-refractivity contribution in [3.8, 4) is 11.5 Å². The van der Waals surface area contributed by atoms with Gasteiger partial charge in [-0.3, -0.25) is 10.1 Å². The molecule has 0 heterocycles. The number of carbonyl (C=O) groups is 1. The number of methoxy groups -OCH3 is 1. The van der Waals surface area contributed by atoms with Gasteiger partial charge in [0.05, 0.1) is 23.7 Å². The first-order valence-electron chi connectivity index (χ1n) is 4.82. The van der Waals surface area contributed by atoms with Gasteiger partial charge >= 0.3 is 5.97 Å². The van der Waals surface area contributed by atoms with E-state index < -0.39 is 10.9 Å². The van der Waals surface area contributed by atoms with Gasteiger partial charge in [-0.05, 0) is 6.07 Å². The van der Waals surface area contributed by atoms with Crippen LogP contribution in [0.5, 0.6) is 11.5 Å². The molecule has 1 aromatic carbocycles. The van der Waals surface area contributed by atoms with Crippen LogP contribution >= 0.6 is 0 Å². The number of nitrogens with zero attached hydrogens (tertiary/aromatic N) is 1. The minimum absolute atomic E-state index is 0.129. The molecule has 7 nitrogen and oxygen atoms in total. The summed E-state index contributed by atoms with van der Waals surface area (Å²) in [5.74, 6) is -0.802. The maximum absolute atomic E-state index is 10.6. The van der Waals surface area contributed by atoms with E-state index in [1.54, 1.807) is 0 Å². The van der Waals surface area contributed by atoms with Crippen molar-refractivity contribution >= 4 is 11.7 Å². The zero-order chi connectivity index (χ0) is 13.7. The van der Waals surface area contributed by atoms with E-state index in [0.717, 1.165) is 0 Å². The minimum atomic E-state index is -1.17. The lowest BCUT2D eigenvalue weighted by Crippen LogP contribution is -2.09. The van der Waals surface area contributed by atoms with Crippen LogP contribution in [0.4, 0.5) is 5.69 Å². The molecular weight excluding hydrogens is 242 g/mol. The van der Waals surface area contributed by atoms with E-state index in [1.165, 1.54) is 25.3 Å². The molecule has 0 saturated carbocycles. The van der Waals surface area contributed by atoms with Crippen LogP contribution in [0, 0.1) is 10.1 Å². The van der Waals surface area contributed by atoms with E-state index in [9.17, 15) is 14.9 Å². The van der Waals surface area contributed by atoms with Gasteiger partial charge in [0, 0.05) is 6.07 Å². The zero-order valence-electron chi connectivity index (χ0n) is 9.58. The van der Waals surface area contributed by atoms with E-state index in [1.807, 2.05) is 0 Å². The number of carboxylic acids is 1. The number of hydrogen-bond acceptors (Lipinski definition) is 5. The molecule has 0 fully saturated rings. The Morgan fingerprint density at radius 2 is 2.17 bits per heavy atom. The number of ether oxygens (including phenoxy) is 2. The Bertz CT molecular complexity index is 496. The third-order valence-corrected chi connectivity index (χ3v) is 2.06. The lowest BCUT2D eigenvalue weighted by atomic mass is 10.2. The van der Waals surface area contributed by atoms with Crippen molar-refractivity contribution in [1.29, 1.82) is 0 Å². The van der Waals surface area contributed by atoms with Gasteiger partial charge in [-0.15, -0.1) is 0 Å². The van der Waals surface area contributed by atoms with Crippen LogP contribution in [0.25, 0.3) is 0 Å². The number of non-ortho nitro benzene ring substituents is 1. The lowest BCUT2D eigenvalue weighted by Gasteiger charge is -2.10. The SMILES string of the molecule is C=C(COc1ccc([N+](=O)[O-])cc1OC)C(=O)O. The number of benzene rings is 1. The molecule has 18 heavy (non-hydrogen) atoms. The number of rotatable bonds is 6. The molecule has 0 radical (unpaired) electrons. The monoisotopic (exact) mass is 253 g/mol. The Kier molecular flexibility index (Phi) is 4.25. The van der Waals surface area contributed by atoms with Crippen LogP contribution in [0.1, 0.15) is 0 Å². The second-order valence-electron chi connectivity index (χ2n) is 3.29. The number of aliphatic carboxylic acids is 1. The summed E-state index contributed by atoms with van der Waals surface area (Å²) in [4.78, 5) is 20.5. The Hall–Kier alpha value is -2.57. The Morgan fingerprint density at radius 1 is 1.50 bits per heavy atom. The summed E-state index contributed by atoms with van der Waals surface area (Å²) in [6, 6.07) is 3.77. The molecule has 7 heteroatoms. The first-order valence-corrected chi connectivity index (χ1v) is 4.82. The van der Waals surface area contributed by atoms with E-state index in [4.69, 9.17) is 14.6 Å². The fourth-order valence-electron chi connectivity index (χ4n) is 1.12. The summed E-state index contributed by atoms with van der Waals surface area (Å²) in [7, 11) is 1.33. The third-order valence-electron chi connectivity index (χ3n) is 2.06. The molecule has 0 aliphatic heterocycles. The highest BCUT2D eigenvalue weighted by molar-refractivity contribution is 5.86. The molecule has 0 atom stereocenters. The highest BCUT2D eigenvalue weighted by Gasteiger charge is 2.13. The summed E-state index contributed by atoms with van der Waals surface area (Å²) < 4.78 is 10.1. The summed E-state index contributed by atoms with van der Waals surface area (Å²) in [6.07, 6.45) is 0. The van der Waals surface area contributed by atoms with Crippen LogP contribution in [0.2, 0.25) is 0 Å². The molecule has 0 spiro atoms. The minimum Gasteiger partial charge on any atom is -0.493 e. The standard InChI is InChI=1S/C11H11NO6/c1-7(11(13)14)6-18-9-4-3-8(12(15)16)5-10(9)17-2/h3-5H,1,6H2,2H3,(H,13,14). The van der Waals surface area contributed by atoms with Crippen LogP contribution in [0.15, 0.2) is 30.4 Å². The van der Waals surface area contributed by atoms with Crippen LogP contribution in [-0.2, 0) is 4.79 Å². The van der Waals surface area contributed by atoms with Gasteiger partial charge in [0.2, 0.25) is 0 Å². The topological polar surface area (TPSA) is 98.9 Å². The van der Waals surface area contributed by atoms with Crippen molar-refractivity contribution < 1.29 is 24.3 Å². The molecule has 96 valence electrons. The quantitative estimate of drug-likeness (QED) is 0.470. The maximum atomic E-state index is 10.6. The number of hydrogen-bond donors (Lipinski definition) is 1. The predicted octanol–water partition coefficient (Wildman–Crippen LogP) is 1.62. The van der Waals surface area contributed by atoms with Gasteiger partial charge in [-0.2, -0.15) is 0 Å². The van der Waals surface area contributed by atoms with Gasteiger partial charge in [-0.25, -0.2) is 4.79 Å². The van der Waals surface area contributed by atoms with E-state index in [0.29, 0.717) is 0 Å². The molecule has 1 rings (SSSR count). The van der Waals surface area contributed by atoms with Crippen molar-refractivity contribution in [1.82, 2.24) is 0 Å². The molecule has 1 N–H and O–H groups in total. The Balaban J connectivity index is 2.86. The highest BCUT2D eigenvalue weighted by atomic mass is 16.6. The third kappa shape index (κ3) is 3.21. The van der Waals surface area contributed by atoms with Crippen LogP contribution in [-0.4, -0.2) is 29.7 Å². The van der Waals surface area contributed by atoms with Gasteiger partial charge in [0.25, 0.3) is 5.69 Å². The summed E-state index contributed by atoms with van der Waals surface area (Å²) >= 11 is 0. The lowest BCUT2D eigenvalue weighted by molar-refractivity contribution is -0.385. The largest absolute Gasteiger partial charge is 0.493 e. The van der Waals surface area contributed by atoms with Crippen molar-refractivity contribution in [2.75, 3.05) is 13.7 Å². The highest BCUT2D eigenvalue weighted by Crippen LogP contribution is 2.31. The molecule has 0 amide bonds. The summed E-state index contributed by atoms with van der Waals surface area (Å²) in [5.41, 5.74) is -0.272. The first-order chi connectivity index (χ1) is 8.45. The van der Waals surface area contributed by atoms with E-state index in [2.05, 4.69) is 6.58 Å². The second kappa shape index (κ2) is 5.67. The zero-order valence-corrected chi connectivity index (χ0v) is 9.58. The van der Waals surface area contributed by atoms with Gasteiger partial charge in [-0.1, -0.05) is 6.58 Å². The van der Waals surface area contributed by atoms with Gasteiger partial charge in [0.1, 0.15) is 6.61 Å². The molecule has 1 aromatic rings. The Labute approximate surface area is 102 Å². The van der Waals surface area contributed by atoms with Crippen molar-refractivity contribution in [3.05, 3.63) is 40.5 Å². The number of carboxylic acid groups (broad SMARTS) is 1.